The molecule has 0 radical (unpaired) electrons. The fourth-order valence-electron chi connectivity index (χ4n) is 3.31. The van der Waals surface area contributed by atoms with Crippen LogP contribution >= 0.6 is 23.2 Å². The highest BCUT2D eigenvalue weighted by atomic mass is 35.5. The van der Waals surface area contributed by atoms with Crippen LogP contribution in [0.1, 0.15) is 37.9 Å². The molecule has 3 atom stereocenters. The zero-order valence-electron chi connectivity index (χ0n) is 10.9. The Morgan fingerprint density at radius 1 is 1.21 bits per heavy atom. The third-order valence-electron chi connectivity index (χ3n) is 4.40. The Bertz CT molecular complexity index is 479. The van der Waals surface area contributed by atoms with Crippen molar-refractivity contribution in [3.05, 3.63) is 27.7 Å². The Kier molecular flexibility index (Phi) is 3.67. The maximum absolute atomic E-state index is 10.5. The normalized spacial score (nSPS) is 30.0. The van der Waals surface area contributed by atoms with Gasteiger partial charge in [0.25, 0.3) is 0 Å². The first-order valence-electron chi connectivity index (χ1n) is 6.90. The van der Waals surface area contributed by atoms with Crippen molar-refractivity contribution in [2.45, 2.75) is 32.3 Å². The zero-order chi connectivity index (χ0) is 13.6. The summed E-state index contributed by atoms with van der Waals surface area (Å²) in [5.41, 5.74) is 0.737. The highest BCUT2D eigenvalue weighted by molar-refractivity contribution is 6.34. The maximum atomic E-state index is 10.5. The number of ether oxygens (including phenoxy) is 1. The van der Waals surface area contributed by atoms with E-state index < -0.39 is 6.10 Å². The first-order chi connectivity index (χ1) is 9.10. The largest absolute Gasteiger partial charge is 0.492 e. The summed E-state index contributed by atoms with van der Waals surface area (Å²) in [7, 11) is 0. The number of rotatable bonds is 4. The molecule has 0 saturated heterocycles. The summed E-state index contributed by atoms with van der Waals surface area (Å²) in [5.74, 6) is 2.60. The fourth-order valence-corrected chi connectivity index (χ4v) is 3.80. The smallest absolute Gasteiger partial charge is 0.139 e. The minimum atomic E-state index is -0.506. The van der Waals surface area contributed by atoms with Crippen LogP contribution < -0.4 is 4.74 Å². The third kappa shape index (κ3) is 2.58. The van der Waals surface area contributed by atoms with Crippen LogP contribution in [0.25, 0.3) is 0 Å². The molecule has 2 aliphatic carbocycles. The van der Waals surface area contributed by atoms with Gasteiger partial charge < -0.3 is 9.84 Å². The van der Waals surface area contributed by atoms with Gasteiger partial charge in [0.05, 0.1) is 22.8 Å². The number of hydrogen-bond acceptors (Lipinski definition) is 2. The zero-order valence-corrected chi connectivity index (χ0v) is 12.4. The predicted molar refractivity (Wildman–Crippen MR) is 76.9 cm³/mol. The van der Waals surface area contributed by atoms with Gasteiger partial charge in [-0.1, -0.05) is 23.2 Å². The molecule has 0 aliphatic heterocycles. The number of aliphatic hydroxyl groups excluding tert-OH is 1. The summed E-state index contributed by atoms with van der Waals surface area (Å²) < 4.78 is 5.40. The molecule has 104 valence electrons. The number of aliphatic hydroxyl groups is 1. The van der Waals surface area contributed by atoms with Gasteiger partial charge >= 0.3 is 0 Å². The second-order valence-corrected chi connectivity index (χ2v) is 6.48. The summed E-state index contributed by atoms with van der Waals surface area (Å²) in [6.45, 7) is 2.45. The van der Waals surface area contributed by atoms with E-state index in [1.165, 1.54) is 6.42 Å². The lowest BCUT2D eigenvalue weighted by Crippen LogP contribution is -2.11. The minimum absolute atomic E-state index is 0.329. The van der Waals surface area contributed by atoms with Gasteiger partial charge in [-0.15, -0.1) is 0 Å². The average molecular weight is 301 g/mol. The van der Waals surface area contributed by atoms with Crippen molar-refractivity contribution in [3.8, 4) is 5.75 Å². The van der Waals surface area contributed by atoms with Gasteiger partial charge in [-0.25, -0.2) is 0 Å². The molecule has 2 fully saturated rings. The van der Waals surface area contributed by atoms with Crippen molar-refractivity contribution < 1.29 is 9.84 Å². The summed E-state index contributed by atoms with van der Waals surface area (Å²) >= 11 is 12.4. The van der Waals surface area contributed by atoms with Crippen LogP contribution in [0.15, 0.2) is 12.1 Å². The van der Waals surface area contributed by atoms with Gasteiger partial charge in [0, 0.05) is 11.6 Å². The van der Waals surface area contributed by atoms with E-state index in [0.717, 1.165) is 30.2 Å². The summed E-state index contributed by atoms with van der Waals surface area (Å²) in [6.07, 6.45) is 3.08. The highest BCUT2D eigenvalue weighted by Crippen LogP contribution is 2.57. The Labute approximate surface area is 123 Å². The van der Waals surface area contributed by atoms with Crippen LogP contribution in [0.4, 0.5) is 0 Å². The monoisotopic (exact) mass is 300 g/mol. The number of halogens is 2. The van der Waals surface area contributed by atoms with E-state index in [9.17, 15) is 5.11 Å². The lowest BCUT2D eigenvalue weighted by molar-refractivity contribution is 0.104. The quantitative estimate of drug-likeness (QED) is 0.889. The van der Waals surface area contributed by atoms with Gasteiger partial charge in [0.1, 0.15) is 5.75 Å². The Hall–Kier alpha value is -0.440. The van der Waals surface area contributed by atoms with E-state index in [1.807, 2.05) is 6.92 Å². The molecule has 2 nitrogen and oxygen atoms in total. The number of benzene rings is 1. The van der Waals surface area contributed by atoms with Crippen molar-refractivity contribution in [1.82, 2.24) is 0 Å². The standard InChI is InChI=1S/C15H18Cl2O2/c1-2-19-14-7-12(16)11(6-13(14)17)15(18)10-4-8-3-9(8)5-10/h6-10,15,18H,2-5H2,1H3. The Morgan fingerprint density at radius 2 is 1.89 bits per heavy atom. The molecule has 19 heavy (non-hydrogen) atoms. The van der Waals surface area contributed by atoms with E-state index in [1.54, 1.807) is 12.1 Å². The SMILES string of the molecule is CCOc1cc(Cl)c(C(O)C2CC3CC3C2)cc1Cl. The minimum Gasteiger partial charge on any atom is -0.492 e. The number of hydrogen-bond donors (Lipinski definition) is 1. The number of fused-ring (bicyclic) bond motifs is 1. The molecule has 0 spiro atoms. The van der Waals surface area contributed by atoms with Crippen LogP contribution in [-0.4, -0.2) is 11.7 Å². The Morgan fingerprint density at radius 3 is 2.53 bits per heavy atom. The molecular weight excluding hydrogens is 283 g/mol. The van der Waals surface area contributed by atoms with Crippen LogP contribution in [0.5, 0.6) is 5.75 Å². The molecule has 0 bridgehead atoms. The van der Waals surface area contributed by atoms with Crippen LogP contribution in [0, 0.1) is 17.8 Å². The van der Waals surface area contributed by atoms with Crippen molar-refractivity contribution in [1.29, 1.82) is 0 Å². The van der Waals surface area contributed by atoms with Gasteiger partial charge in [-0.05, 0) is 50.0 Å². The van der Waals surface area contributed by atoms with Crippen LogP contribution in [0.3, 0.4) is 0 Å². The molecule has 4 heteroatoms. The van der Waals surface area contributed by atoms with Gasteiger partial charge in [-0.3, -0.25) is 0 Å². The fraction of sp³-hybridized carbons (Fsp3) is 0.600. The van der Waals surface area contributed by atoms with Crippen molar-refractivity contribution in [2.24, 2.45) is 17.8 Å². The molecule has 2 saturated carbocycles. The van der Waals surface area contributed by atoms with Crippen LogP contribution in [0.2, 0.25) is 10.0 Å². The lowest BCUT2D eigenvalue weighted by Gasteiger charge is -2.21. The summed E-state index contributed by atoms with van der Waals surface area (Å²) in [6, 6.07) is 3.46. The Balaban J connectivity index is 1.81. The molecule has 2 aliphatic rings. The van der Waals surface area contributed by atoms with Gasteiger partial charge in [0.2, 0.25) is 0 Å². The van der Waals surface area contributed by atoms with E-state index in [4.69, 9.17) is 27.9 Å². The predicted octanol–water partition coefficient (Wildman–Crippen LogP) is 4.47. The maximum Gasteiger partial charge on any atom is 0.139 e. The second-order valence-electron chi connectivity index (χ2n) is 5.67. The molecule has 0 amide bonds. The van der Waals surface area contributed by atoms with E-state index in [0.29, 0.717) is 28.3 Å². The molecule has 1 N–H and O–H groups in total. The molecule has 0 heterocycles. The average Bonchev–Trinajstić information content (AvgIpc) is 3.00. The third-order valence-corrected chi connectivity index (χ3v) is 5.02. The van der Waals surface area contributed by atoms with Gasteiger partial charge in [0.15, 0.2) is 0 Å². The highest BCUT2D eigenvalue weighted by Gasteiger charge is 2.48. The molecule has 3 rings (SSSR count). The molecule has 1 aromatic rings. The second kappa shape index (κ2) is 5.16. The molecule has 3 unspecified atom stereocenters. The summed E-state index contributed by atoms with van der Waals surface area (Å²) in [4.78, 5) is 0. The van der Waals surface area contributed by atoms with Crippen molar-refractivity contribution in [2.75, 3.05) is 6.61 Å². The first-order valence-corrected chi connectivity index (χ1v) is 7.65. The first kappa shape index (κ1) is 13.5. The van der Waals surface area contributed by atoms with E-state index in [2.05, 4.69) is 0 Å². The molecule has 0 aromatic heterocycles. The summed E-state index contributed by atoms with van der Waals surface area (Å²) in [5, 5.41) is 11.6. The van der Waals surface area contributed by atoms with Crippen LogP contribution in [-0.2, 0) is 0 Å². The molecular formula is C15H18Cl2O2. The van der Waals surface area contributed by atoms with Gasteiger partial charge in [-0.2, -0.15) is 0 Å². The van der Waals surface area contributed by atoms with E-state index in [-0.39, 0.29) is 0 Å². The van der Waals surface area contributed by atoms with E-state index >= 15 is 0 Å². The van der Waals surface area contributed by atoms with Crippen molar-refractivity contribution in [3.63, 3.8) is 0 Å². The topological polar surface area (TPSA) is 29.5 Å². The lowest BCUT2D eigenvalue weighted by atomic mass is 9.91. The van der Waals surface area contributed by atoms with Crippen molar-refractivity contribution >= 4 is 23.2 Å². The molecule has 1 aromatic carbocycles.